The Kier molecular flexibility index (Phi) is 6.72. The summed E-state index contributed by atoms with van der Waals surface area (Å²) < 4.78 is 31.2. The van der Waals surface area contributed by atoms with E-state index in [1.54, 1.807) is 24.4 Å². The van der Waals surface area contributed by atoms with Gasteiger partial charge < -0.3 is 24.5 Å². The molecule has 190 valence electrons. The maximum Gasteiger partial charge on any atom is 0.317 e. The molecular weight excluding hydrogens is 465 g/mol. The van der Waals surface area contributed by atoms with E-state index in [9.17, 15) is 9.18 Å². The number of nitrogens with zero attached hydrogens (tertiary/aromatic N) is 3. The second-order valence-electron chi connectivity index (χ2n) is 9.91. The first-order valence-corrected chi connectivity index (χ1v) is 12.2. The zero-order valence-electron chi connectivity index (χ0n) is 20.6. The molecule has 0 unspecified atom stereocenters. The lowest BCUT2D eigenvalue weighted by Crippen LogP contribution is -2.49. The van der Waals surface area contributed by atoms with Crippen LogP contribution in [0.3, 0.4) is 0 Å². The summed E-state index contributed by atoms with van der Waals surface area (Å²) in [5.74, 6) is 0.604. The minimum Gasteiger partial charge on any atom is -0.461 e. The molecule has 5 rings (SSSR count). The minimum atomic E-state index is -0.796. The molecule has 1 saturated carbocycles. The molecule has 2 aromatic heterocycles. The molecule has 10 heteroatoms. The Morgan fingerprint density at radius 3 is 2.58 bits per heavy atom. The lowest BCUT2D eigenvalue weighted by atomic mass is 9.91. The van der Waals surface area contributed by atoms with Crippen molar-refractivity contribution < 1.29 is 23.4 Å². The van der Waals surface area contributed by atoms with Crippen molar-refractivity contribution in [2.45, 2.75) is 46.0 Å². The van der Waals surface area contributed by atoms with Crippen molar-refractivity contribution >= 4 is 5.91 Å². The lowest BCUT2D eigenvalue weighted by Gasteiger charge is -2.35. The van der Waals surface area contributed by atoms with Crippen LogP contribution in [0.2, 0.25) is 0 Å². The van der Waals surface area contributed by atoms with Crippen LogP contribution >= 0.6 is 0 Å². The number of aromatic amines is 1. The average molecular weight is 496 g/mol. The van der Waals surface area contributed by atoms with E-state index >= 15 is 0 Å². The molecule has 36 heavy (non-hydrogen) atoms. The van der Waals surface area contributed by atoms with E-state index in [1.165, 1.54) is 25.0 Å². The molecule has 0 bridgehead atoms. The Hall–Kier alpha value is -3.37. The minimum absolute atomic E-state index is 0.0707. The molecule has 3 heterocycles. The molecule has 0 atom stereocenters. The largest absolute Gasteiger partial charge is 0.461 e. The zero-order chi connectivity index (χ0) is 25.3. The van der Waals surface area contributed by atoms with Crippen LogP contribution in [0.15, 0.2) is 36.5 Å². The molecule has 2 N–H and O–H groups in total. The number of carbonyl (C=O) groups is 1. The number of rotatable bonds is 8. The molecule has 1 amide bonds. The third-order valence-electron chi connectivity index (χ3n) is 6.20. The Morgan fingerprint density at radius 1 is 1.19 bits per heavy atom. The van der Waals surface area contributed by atoms with Gasteiger partial charge in [0.25, 0.3) is 0 Å². The van der Waals surface area contributed by atoms with E-state index in [-0.39, 0.29) is 37.1 Å². The highest BCUT2D eigenvalue weighted by Crippen LogP contribution is 2.36. The van der Waals surface area contributed by atoms with Gasteiger partial charge in [0, 0.05) is 18.3 Å². The summed E-state index contributed by atoms with van der Waals surface area (Å²) in [4.78, 5) is 29.4. The fourth-order valence-corrected chi connectivity index (χ4v) is 3.92. The number of amides is 1. The van der Waals surface area contributed by atoms with Gasteiger partial charge in [-0.15, -0.1) is 0 Å². The molecular formula is C26H30FN5O4. The summed E-state index contributed by atoms with van der Waals surface area (Å²) in [6.45, 7) is 6.70. The van der Waals surface area contributed by atoms with Gasteiger partial charge in [-0.3, -0.25) is 4.79 Å². The van der Waals surface area contributed by atoms with Crippen LogP contribution in [0.1, 0.15) is 45.7 Å². The molecule has 1 aliphatic heterocycles. The Balaban J connectivity index is 1.40. The fourth-order valence-electron chi connectivity index (χ4n) is 3.92. The summed E-state index contributed by atoms with van der Waals surface area (Å²) in [6.07, 6.45) is 3.06. The lowest BCUT2D eigenvalue weighted by molar-refractivity contribution is -0.231. The van der Waals surface area contributed by atoms with Crippen LogP contribution in [0.4, 0.5) is 4.39 Å². The smallest absolute Gasteiger partial charge is 0.317 e. The van der Waals surface area contributed by atoms with Crippen LogP contribution in [-0.2, 0) is 14.3 Å². The molecule has 1 aromatic carbocycles. The highest BCUT2D eigenvalue weighted by molar-refractivity contribution is 5.82. The first-order chi connectivity index (χ1) is 17.3. The SMILES string of the molecule is CC(C)Oc1nccc(-c2[nH]c(C3OCC(C)(C(=O)NCC4CC4)CO3)nc2-c2ccc(F)cc2)n1. The van der Waals surface area contributed by atoms with Crippen LogP contribution < -0.4 is 10.1 Å². The molecule has 3 aromatic rings. The van der Waals surface area contributed by atoms with Gasteiger partial charge in [0.1, 0.15) is 5.82 Å². The van der Waals surface area contributed by atoms with Crippen molar-refractivity contribution in [3.63, 3.8) is 0 Å². The van der Waals surface area contributed by atoms with Gasteiger partial charge in [0.15, 0.2) is 5.82 Å². The van der Waals surface area contributed by atoms with Gasteiger partial charge in [0.05, 0.1) is 41.8 Å². The van der Waals surface area contributed by atoms with Crippen molar-refractivity contribution in [1.82, 2.24) is 25.3 Å². The number of benzene rings is 1. The Labute approximate surface area is 208 Å². The topological polar surface area (TPSA) is 111 Å². The molecule has 1 aliphatic carbocycles. The maximum absolute atomic E-state index is 13.6. The Bertz CT molecular complexity index is 1220. The summed E-state index contributed by atoms with van der Waals surface area (Å²) >= 11 is 0. The number of halogens is 1. The number of hydrogen-bond donors (Lipinski definition) is 2. The molecule has 2 aliphatic rings. The van der Waals surface area contributed by atoms with E-state index in [0.29, 0.717) is 40.9 Å². The summed E-state index contributed by atoms with van der Waals surface area (Å²) in [5, 5.41) is 3.01. The van der Waals surface area contributed by atoms with E-state index in [2.05, 4.69) is 20.3 Å². The van der Waals surface area contributed by atoms with Crippen molar-refractivity contribution in [2.75, 3.05) is 19.8 Å². The summed E-state index contributed by atoms with van der Waals surface area (Å²) in [6, 6.07) is 8.02. The molecule has 9 nitrogen and oxygen atoms in total. The third-order valence-corrected chi connectivity index (χ3v) is 6.20. The number of carbonyl (C=O) groups excluding carboxylic acids is 1. The van der Waals surface area contributed by atoms with Crippen molar-refractivity contribution in [2.24, 2.45) is 11.3 Å². The van der Waals surface area contributed by atoms with E-state index < -0.39 is 11.7 Å². The second-order valence-corrected chi connectivity index (χ2v) is 9.91. The third kappa shape index (κ3) is 5.39. The number of nitrogens with one attached hydrogen (secondary N) is 2. The fraction of sp³-hybridized carbons (Fsp3) is 0.462. The summed E-state index contributed by atoms with van der Waals surface area (Å²) in [7, 11) is 0. The molecule has 2 fully saturated rings. The van der Waals surface area contributed by atoms with Gasteiger partial charge in [-0.25, -0.2) is 14.4 Å². The number of ether oxygens (including phenoxy) is 3. The number of hydrogen-bond acceptors (Lipinski definition) is 7. The highest BCUT2D eigenvalue weighted by Gasteiger charge is 2.41. The van der Waals surface area contributed by atoms with Gasteiger partial charge >= 0.3 is 6.01 Å². The first kappa shape index (κ1) is 24.3. The monoisotopic (exact) mass is 495 g/mol. The first-order valence-electron chi connectivity index (χ1n) is 12.2. The standard InChI is InChI=1S/C26H30FN5O4/c1-15(2)36-25-28-11-10-19(30-25)21-20(17-6-8-18(27)9-7-17)31-22(32-21)23-34-13-26(3,14-35-23)24(33)29-12-16-4-5-16/h6-11,15-16,23H,4-5,12-14H2,1-3H3,(H,29,33)(H,31,32). The van der Waals surface area contributed by atoms with Gasteiger partial charge in [-0.1, -0.05) is 0 Å². The quantitative estimate of drug-likeness (QED) is 0.485. The van der Waals surface area contributed by atoms with Gasteiger partial charge in [-0.2, -0.15) is 4.98 Å². The van der Waals surface area contributed by atoms with Gasteiger partial charge in [-0.05, 0) is 69.9 Å². The molecule has 1 saturated heterocycles. The van der Waals surface area contributed by atoms with E-state index in [0.717, 1.165) is 0 Å². The average Bonchev–Trinajstić information content (AvgIpc) is 3.59. The van der Waals surface area contributed by atoms with Gasteiger partial charge in [0.2, 0.25) is 12.2 Å². The van der Waals surface area contributed by atoms with Crippen molar-refractivity contribution in [3.8, 4) is 28.7 Å². The summed E-state index contributed by atoms with van der Waals surface area (Å²) in [5.41, 5.74) is 1.62. The number of aromatic nitrogens is 4. The molecule has 0 spiro atoms. The van der Waals surface area contributed by atoms with E-state index in [4.69, 9.17) is 19.2 Å². The maximum atomic E-state index is 13.6. The van der Waals surface area contributed by atoms with Crippen molar-refractivity contribution in [3.05, 3.63) is 48.2 Å². The van der Waals surface area contributed by atoms with Crippen LogP contribution in [0.25, 0.3) is 22.6 Å². The highest BCUT2D eigenvalue weighted by atomic mass is 19.1. The number of imidazole rings is 1. The predicted octanol–water partition coefficient (Wildman–Crippen LogP) is 4.04. The van der Waals surface area contributed by atoms with Crippen LogP contribution in [-0.4, -0.2) is 51.7 Å². The zero-order valence-corrected chi connectivity index (χ0v) is 20.6. The van der Waals surface area contributed by atoms with E-state index in [1.807, 2.05) is 20.8 Å². The number of H-pyrrole nitrogens is 1. The van der Waals surface area contributed by atoms with Crippen molar-refractivity contribution in [1.29, 1.82) is 0 Å². The van der Waals surface area contributed by atoms with Crippen LogP contribution in [0, 0.1) is 17.2 Å². The Morgan fingerprint density at radius 2 is 1.92 bits per heavy atom. The second kappa shape index (κ2) is 9.94. The predicted molar refractivity (Wildman–Crippen MR) is 129 cm³/mol. The molecule has 0 radical (unpaired) electrons. The normalized spacial score (nSPS) is 22.0. The van der Waals surface area contributed by atoms with Crippen LogP contribution in [0.5, 0.6) is 6.01 Å².